The van der Waals surface area contributed by atoms with Crippen LogP contribution in [-0.2, 0) is 13.2 Å². The van der Waals surface area contributed by atoms with Crippen LogP contribution in [0.4, 0.5) is 0 Å². The molecular weight excluding hydrogens is 180 g/mol. The van der Waals surface area contributed by atoms with Gasteiger partial charge in [0.25, 0.3) is 0 Å². The second kappa shape index (κ2) is 5.43. The number of hydrogen-bond donors (Lipinski definition) is 2. The van der Waals surface area contributed by atoms with Crippen molar-refractivity contribution < 1.29 is 9.52 Å². The van der Waals surface area contributed by atoms with Crippen molar-refractivity contribution in [2.45, 2.75) is 20.1 Å². The summed E-state index contributed by atoms with van der Waals surface area (Å²) in [7, 11) is 0. The molecule has 1 rings (SSSR count). The molecule has 0 fully saturated rings. The summed E-state index contributed by atoms with van der Waals surface area (Å²) in [5.74, 6) is 1.34. The van der Waals surface area contributed by atoms with Crippen LogP contribution < -0.4 is 5.32 Å². The Morgan fingerprint density at radius 2 is 2.29 bits per heavy atom. The number of aliphatic hydroxyl groups is 1. The molecule has 0 radical (unpaired) electrons. The van der Waals surface area contributed by atoms with E-state index in [1.807, 2.05) is 13.0 Å². The van der Waals surface area contributed by atoms with E-state index in [-0.39, 0.29) is 12.5 Å². The highest BCUT2D eigenvalue weighted by Gasteiger charge is 2.02. The van der Waals surface area contributed by atoms with Gasteiger partial charge in [-0.25, -0.2) is 0 Å². The highest BCUT2D eigenvalue weighted by Crippen LogP contribution is 2.07. The van der Waals surface area contributed by atoms with Gasteiger partial charge in [-0.15, -0.1) is 0 Å². The van der Waals surface area contributed by atoms with Crippen LogP contribution in [0, 0.1) is 17.2 Å². The largest absolute Gasteiger partial charge is 0.462 e. The predicted octanol–water partition coefficient (Wildman–Crippen LogP) is 1.02. The molecule has 4 heteroatoms. The summed E-state index contributed by atoms with van der Waals surface area (Å²) >= 11 is 0. The molecule has 1 atom stereocenters. The van der Waals surface area contributed by atoms with Gasteiger partial charge in [0.1, 0.15) is 18.1 Å². The lowest BCUT2D eigenvalue weighted by atomic mass is 10.2. The Morgan fingerprint density at radius 3 is 2.86 bits per heavy atom. The quantitative estimate of drug-likeness (QED) is 0.734. The van der Waals surface area contributed by atoms with Crippen molar-refractivity contribution >= 4 is 0 Å². The number of nitriles is 1. The summed E-state index contributed by atoms with van der Waals surface area (Å²) in [6.45, 7) is 3.01. The van der Waals surface area contributed by atoms with Crippen LogP contribution in [0.25, 0.3) is 0 Å². The molecule has 1 aromatic heterocycles. The van der Waals surface area contributed by atoms with E-state index in [2.05, 4.69) is 11.4 Å². The van der Waals surface area contributed by atoms with Crippen molar-refractivity contribution in [1.82, 2.24) is 5.32 Å². The maximum atomic E-state index is 8.75. The first kappa shape index (κ1) is 10.8. The van der Waals surface area contributed by atoms with Gasteiger partial charge in [0, 0.05) is 6.54 Å². The molecule has 76 valence electrons. The van der Waals surface area contributed by atoms with Crippen molar-refractivity contribution in [2.24, 2.45) is 5.92 Å². The summed E-state index contributed by atoms with van der Waals surface area (Å²) in [5.41, 5.74) is 0. The van der Waals surface area contributed by atoms with E-state index in [9.17, 15) is 0 Å². The number of aliphatic hydroxyl groups excluding tert-OH is 1. The van der Waals surface area contributed by atoms with E-state index in [4.69, 9.17) is 14.8 Å². The highest BCUT2D eigenvalue weighted by atomic mass is 16.4. The van der Waals surface area contributed by atoms with Crippen LogP contribution >= 0.6 is 0 Å². The molecule has 0 spiro atoms. The van der Waals surface area contributed by atoms with Crippen LogP contribution in [0.5, 0.6) is 0 Å². The molecule has 4 nitrogen and oxygen atoms in total. The SMILES string of the molecule is CC(C#N)CNCc1ccc(CO)o1. The molecule has 0 aliphatic heterocycles. The fourth-order valence-corrected chi connectivity index (χ4v) is 1.06. The first-order valence-corrected chi connectivity index (χ1v) is 4.55. The number of nitrogens with one attached hydrogen (secondary N) is 1. The zero-order valence-electron chi connectivity index (χ0n) is 8.16. The average Bonchev–Trinajstić information content (AvgIpc) is 2.65. The molecule has 0 aliphatic carbocycles. The average molecular weight is 194 g/mol. The van der Waals surface area contributed by atoms with E-state index in [0.29, 0.717) is 18.8 Å². The number of furan rings is 1. The lowest BCUT2D eigenvalue weighted by Crippen LogP contribution is -2.19. The van der Waals surface area contributed by atoms with E-state index in [0.717, 1.165) is 5.76 Å². The van der Waals surface area contributed by atoms with Crippen molar-refractivity contribution in [2.75, 3.05) is 6.54 Å². The summed E-state index contributed by atoms with van der Waals surface area (Å²) in [6.07, 6.45) is 0. The monoisotopic (exact) mass is 194 g/mol. The smallest absolute Gasteiger partial charge is 0.129 e. The third kappa shape index (κ3) is 3.21. The summed E-state index contributed by atoms with van der Waals surface area (Å²) in [5, 5.41) is 20.4. The summed E-state index contributed by atoms with van der Waals surface area (Å²) < 4.78 is 5.25. The van der Waals surface area contributed by atoms with Gasteiger partial charge in [-0.05, 0) is 19.1 Å². The molecule has 1 aromatic rings. The van der Waals surface area contributed by atoms with Gasteiger partial charge in [-0.2, -0.15) is 5.26 Å². The number of rotatable bonds is 5. The van der Waals surface area contributed by atoms with Crippen molar-refractivity contribution in [1.29, 1.82) is 5.26 Å². The normalized spacial score (nSPS) is 12.4. The molecule has 0 saturated carbocycles. The fraction of sp³-hybridized carbons (Fsp3) is 0.500. The van der Waals surface area contributed by atoms with E-state index in [1.165, 1.54) is 0 Å². The molecule has 1 unspecified atom stereocenters. The van der Waals surface area contributed by atoms with Crippen molar-refractivity contribution in [3.63, 3.8) is 0 Å². The van der Waals surface area contributed by atoms with Gasteiger partial charge >= 0.3 is 0 Å². The number of hydrogen-bond acceptors (Lipinski definition) is 4. The minimum absolute atomic E-state index is 0.00211. The van der Waals surface area contributed by atoms with Crippen LogP contribution in [-0.4, -0.2) is 11.7 Å². The second-order valence-corrected chi connectivity index (χ2v) is 3.19. The molecule has 0 amide bonds. The predicted molar refractivity (Wildman–Crippen MR) is 51.1 cm³/mol. The van der Waals surface area contributed by atoms with Crippen molar-refractivity contribution in [3.8, 4) is 6.07 Å². The summed E-state index contributed by atoms with van der Waals surface area (Å²) in [4.78, 5) is 0. The maximum absolute atomic E-state index is 8.75. The zero-order valence-corrected chi connectivity index (χ0v) is 8.16. The molecule has 1 heterocycles. The zero-order chi connectivity index (χ0) is 10.4. The van der Waals surface area contributed by atoms with Crippen molar-refractivity contribution in [3.05, 3.63) is 23.7 Å². The van der Waals surface area contributed by atoms with Crippen LogP contribution in [0.15, 0.2) is 16.5 Å². The van der Waals surface area contributed by atoms with Gasteiger partial charge in [0.05, 0.1) is 18.5 Å². The van der Waals surface area contributed by atoms with E-state index >= 15 is 0 Å². The molecule has 14 heavy (non-hydrogen) atoms. The Morgan fingerprint density at radius 1 is 1.57 bits per heavy atom. The molecule has 0 saturated heterocycles. The fourth-order valence-electron chi connectivity index (χ4n) is 1.06. The van der Waals surface area contributed by atoms with Gasteiger partial charge in [0.2, 0.25) is 0 Å². The second-order valence-electron chi connectivity index (χ2n) is 3.19. The molecule has 0 bridgehead atoms. The molecule has 0 aromatic carbocycles. The Bertz CT molecular complexity index is 314. The number of nitrogens with zero attached hydrogens (tertiary/aromatic N) is 1. The third-order valence-corrected chi connectivity index (χ3v) is 1.84. The van der Waals surface area contributed by atoms with E-state index < -0.39 is 0 Å². The van der Waals surface area contributed by atoms with Crippen LogP contribution in [0.1, 0.15) is 18.4 Å². The first-order chi connectivity index (χ1) is 6.76. The van der Waals surface area contributed by atoms with Crippen LogP contribution in [0.3, 0.4) is 0 Å². The lowest BCUT2D eigenvalue weighted by molar-refractivity contribution is 0.242. The lowest BCUT2D eigenvalue weighted by Gasteiger charge is -2.02. The van der Waals surface area contributed by atoms with Gasteiger partial charge in [0.15, 0.2) is 0 Å². The molecule has 0 aliphatic rings. The Balaban J connectivity index is 2.28. The van der Waals surface area contributed by atoms with Gasteiger partial charge in [-0.1, -0.05) is 0 Å². The maximum Gasteiger partial charge on any atom is 0.129 e. The molecular formula is C10H14N2O2. The highest BCUT2D eigenvalue weighted by molar-refractivity contribution is 5.06. The van der Waals surface area contributed by atoms with Crippen LogP contribution in [0.2, 0.25) is 0 Å². The van der Waals surface area contributed by atoms with Gasteiger partial charge in [-0.3, -0.25) is 0 Å². The summed E-state index contributed by atoms with van der Waals surface area (Å²) in [6, 6.07) is 5.69. The first-order valence-electron chi connectivity index (χ1n) is 4.55. The Labute approximate surface area is 83.2 Å². The van der Waals surface area contributed by atoms with E-state index in [1.54, 1.807) is 6.07 Å². The standard InChI is InChI=1S/C10H14N2O2/c1-8(4-11)5-12-6-9-2-3-10(7-13)14-9/h2-3,8,12-13H,5-7H2,1H3. The Hall–Kier alpha value is -1.31. The van der Waals surface area contributed by atoms with Gasteiger partial charge < -0.3 is 14.8 Å². The molecule has 2 N–H and O–H groups in total. The Kier molecular flexibility index (Phi) is 4.17. The third-order valence-electron chi connectivity index (χ3n) is 1.84. The minimum atomic E-state index is -0.0748. The topological polar surface area (TPSA) is 69.2 Å². The minimum Gasteiger partial charge on any atom is -0.462 e.